The maximum Gasteiger partial charge on any atom is 0.329 e. The average molecular weight is 353 g/mol. The number of halogens is 2. The number of nitrogens with zero attached hydrogens (tertiary/aromatic N) is 1. The van der Waals surface area contributed by atoms with Crippen molar-refractivity contribution in [2.75, 3.05) is 0 Å². The van der Waals surface area contributed by atoms with Crippen LogP contribution < -0.4 is 4.72 Å². The maximum atomic E-state index is 13.3. The van der Waals surface area contributed by atoms with Crippen LogP contribution in [-0.4, -0.2) is 14.2 Å². The summed E-state index contributed by atoms with van der Waals surface area (Å²) in [6, 6.07) is 3.66. The molecule has 1 unspecified atom stereocenters. The minimum atomic E-state index is -1.63. The van der Waals surface area contributed by atoms with Gasteiger partial charge in [-0.1, -0.05) is 20.7 Å². The van der Waals surface area contributed by atoms with E-state index in [1.54, 1.807) is 20.8 Å². The molecule has 106 valence electrons. The highest BCUT2D eigenvalue weighted by Crippen LogP contribution is 2.24. The van der Waals surface area contributed by atoms with E-state index in [9.17, 15) is 19.1 Å². The van der Waals surface area contributed by atoms with Crippen LogP contribution in [0, 0.1) is 15.9 Å². The molecule has 0 bridgehead atoms. The van der Waals surface area contributed by atoms with Gasteiger partial charge in [0.15, 0.2) is 0 Å². The highest BCUT2D eigenvalue weighted by molar-refractivity contribution is 9.10. The second kappa shape index (κ2) is 6.17. The molecule has 0 spiro atoms. The standard InChI is InChI=1S/C11H14BrFN2O3S/c1-11(2,3)19(18)14-10(15(16)17)7-4-8(12)6-9(13)5-7/h4-6,10,14H,1-3H3/t10-,19?/m1/s1. The number of rotatable bonds is 4. The fourth-order valence-electron chi connectivity index (χ4n) is 1.24. The lowest BCUT2D eigenvalue weighted by molar-refractivity contribution is -0.532. The molecule has 0 aliphatic rings. The van der Waals surface area contributed by atoms with Gasteiger partial charge in [-0.3, -0.25) is 10.1 Å². The van der Waals surface area contributed by atoms with Crippen molar-refractivity contribution in [2.45, 2.75) is 31.7 Å². The van der Waals surface area contributed by atoms with Gasteiger partial charge in [-0.15, -0.1) is 0 Å². The first-order valence-electron chi connectivity index (χ1n) is 5.39. The van der Waals surface area contributed by atoms with Gasteiger partial charge >= 0.3 is 6.17 Å². The lowest BCUT2D eigenvalue weighted by atomic mass is 10.2. The Bertz CT molecular complexity index is 461. The van der Waals surface area contributed by atoms with E-state index in [4.69, 9.17) is 0 Å². The van der Waals surface area contributed by atoms with Gasteiger partial charge in [0.05, 0.1) is 0 Å². The SMILES string of the molecule is CC(C)(C)[S+]([O-])N[C@@H](c1cc(F)cc(Br)c1)[N+](=O)[O-]. The Morgan fingerprint density at radius 3 is 2.42 bits per heavy atom. The van der Waals surface area contributed by atoms with E-state index in [0.717, 1.165) is 6.07 Å². The van der Waals surface area contributed by atoms with Gasteiger partial charge < -0.3 is 4.55 Å². The average Bonchev–Trinajstić information content (AvgIpc) is 2.21. The largest absolute Gasteiger partial charge is 0.597 e. The Balaban J connectivity index is 3.04. The van der Waals surface area contributed by atoms with Gasteiger partial charge in [-0.05, 0) is 39.0 Å². The normalized spacial score (nSPS) is 15.1. The first-order chi connectivity index (χ1) is 8.61. The van der Waals surface area contributed by atoms with Gasteiger partial charge in [0.2, 0.25) is 0 Å². The van der Waals surface area contributed by atoms with Crippen molar-refractivity contribution in [2.24, 2.45) is 0 Å². The van der Waals surface area contributed by atoms with Crippen LogP contribution in [0.5, 0.6) is 0 Å². The Kier molecular flexibility index (Phi) is 5.31. The van der Waals surface area contributed by atoms with Crippen molar-refractivity contribution in [3.63, 3.8) is 0 Å². The van der Waals surface area contributed by atoms with Crippen LogP contribution >= 0.6 is 15.9 Å². The van der Waals surface area contributed by atoms with E-state index in [0.29, 0.717) is 4.47 Å². The molecule has 0 heterocycles. The van der Waals surface area contributed by atoms with Crippen molar-refractivity contribution < 1.29 is 13.9 Å². The smallest absolute Gasteiger partial charge is 0.329 e. The molecule has 0 amide bonds. The molecule has 2 atom stereocenters. The molecule has 0 aliphatic heterocycles. The number of nitro groups is 1. The molecule has 0 radical (unpaired) electrons. The van der Waals surface area contributed by atoms with Crippen LogP contribution in [0.4, 0.5) is 4.39 Å². The van der Waals surface area contributed by atoms with Gasteiger partial charge in [0.1, 0.15) is 10.6 Å². The Hall–Kier alpha value is -0.700. The summed E-state index contributed by atoms with van der Waals surface area (Å²) in [6.07, 6.45) is -1.42. The number of hydrogen-bond donors (Lipinski definition) is 1. The number of nitrogens with one attached hydrogen (secondary N) is 1. The zero-order chi connectivity index (χ0) is 14.8. The lowest BCUT2D eigenvalue weighted by Gasteiger charge is -2.24. The van der Waals surface area contributed by atoms with Crippen LogP contribution in [0.3, 0.4) is 0 Å². The van der Waals surface area contributed by atoms with E-state index < -0.39 is 33.0 Å². The summed E-state index contributed by atoms with van der Waals surface area (Å²) in [5, 5.41) is 11.1. The number of hydrogen-bond acceptors (Lipinski definition) is 4. The first kappa shape index (κ1) is 16.4. The molecule has 1 aromatic rings. The van der Waals surface area contributed by atoms with Crippen molar-refractivity contribution in [1.82, 2.24) is 4.72 Å². The van der Waals surface area contributed by atoms with Crippen molar-refractivity contribution in [3.05, 3.63) is 44.2 Å². The van der Waals surface area contributed by atoms with E-state index in [2.05, 4.69) is 20.7 Å². The Morgan fingerprint density at radius 1 is 1.42 bits per heavy atom. The summed E-state index contributed by atoms with van der Waals surface area (Å²) in [5.74, 6) is -0.598. The van der Waals surface area contributed by atoms with E-state index in [1.165, 1.54) is 12.1 Å². The molecule has 5 nitrogen and oxygen atoms in total. The molecule has 0 aliphatic carbocycles. The summed E-state index contributed by atoms with van der Waals surface area (Å²) in [5.41, 5.74) is 0.106. The highest BCUT2D eigenvalue weighted by Gasteiger charge is 2.35. The second-order valence-corrected chi connectivity index (χ2v) is 7.80. The van der Waals surface area contributed by atoms with Gasteiger partial charge in [-0.2, -0.15) is 0 Å². The molecule has 0 fully saturated rings. The summed E-state index contributed by atoms with van der Waals surface area (Å²) in [6.45, 7) is 5.07. The molecule has 0 saturated heterocycles. The van der Waals surface area contributed by atoms with Gasteiger partial charge in [-0.25, -0.2) is 4.39 Å². The molecule has 0 saturated carbocycles. The lowest BCUT2D eigenvalue weighted by Crippen LogP contribution is -2.43. The Morgan fingerprint density at radius 2 is 2.00 bits per heavy atom. The third kappa shape index (κ3) is 4.72. The minimum Gasteiger partial charge on any atom is -0.597 e. The van der Waals surface area contributed by atoms with Gasteiger partial charge in [0.25, 0.3) is 0 Å². The third-order valence-electron chi connectivity index (χ3n) is 2.19. The molecular formula is C11H14BrFN2O3S. The molecule has 0 aromatic heterocycles. The molecule has 1 N–H and O–H groups in total. The molecule has 1 aromatic carbocycles. The zero-order valence-corrected chi connectivity index (χ0v) is 13.0. The topological polar surface area (TPSA) is 78.2 Å². The van der Waals surface area contributed by atoms with Gasteiger partial charge in [0, 0.05) is 26.3 Å². The fraction of sp³-hybridized carbons (Fsp3) is 0.455. The van der Waals surface area contributed by atoms with Crippen molar-refractivity contribution in [1.29, 1.82) is 0 Å². The van der Waals surface area contributed by atoms with Crippen LogP contribution in [0.15, 0.2) is 22.7 Å². The summed E-state index contributed by atoms with van der Waals surface area (Å²) in [4.78, 5) is 10.4. The summed E-state index contributed by atoms with van der Waals surface area (Å²) < 4.78 is 27.3. The minimum absolute atomic E-state index is 0.106. The summed E-state index contributed by atoms with van der Waals surface area (Å²) >= 11 is 1.44. The molecule has 19 heavy (non-hydrogen) atoms. The fourth-order valence-corrected chi connectivity index (χ4v) is 2.51. The van der Waals surface area contributed by atoms with Crippen molar-refractivity contribution >= 4 is 27.3 Å². The number of benzene rings is 1. The quantitative estimate of drug-likeness (QED) is 0.391. The highest BCUT2D eigenvalue weighted by atomic mass is 79.9. The monoisotopic (exact) mass is 352 g/mol. The predicted molar refractivity (Wildman–Crippen MR) is 74.9 cm³/mol. The van der Waals surface area contributed by atoms with Crippen LogP contribution in [0.25, 0.3) is 0 Å². The van der Waals surface area contributed by atoms with E-state index in [-0.39, 0.29) is 5.56 Å². The summed E-state index contributed by atoms with van der Waals surface area (Å²) in [7, 11) is 0. The first-order valence-corrected chi connectivity index (χ1v) is 7.33. The third-order valence-corrected chi connectivity index (χ3v) is 4.19. The molecule has 8 heteroatoms. The Labute approximate surface area is 122 Å². The van der Waals surface area contributed by atoms with Crippen molar-refractivity contribution in [3.8, 4) is 0 Å². The van der Waals surface area contributed by atoms with E-state index >= 15 is 0 Å². The predicted octanol–water partition coefficient (Wildman–Crippen LogP) is 2.92. The zero-order valence-electron chi connectivity index (χ0n) is 10.6. The van der Waals surface area contributed by atoms with Crippen LogP contribution in [-0.2, 0) is 11.4 Å². The van der Waals surface area contributed by atoms with Crippen LogP contribution in [0.1, 0.15) is 32.5 Å². The maximum absolute atomic E-state index is 13.3. The van der Waals surface area contributed by atoms with Crippen LogP contribution in [0.2, 0.25) is 0 Å². The second-order valence-electron chi connectivity index (χ2n) is 4.89. The molecule has 1 rings (SSSR count). The molecular weight excluding hydrogens is 339 g/mol. The van der Waals surface area contributed by atoms with E-state index in [1.807, 2.05) is 0 Å².